The van der Waals surface area contributed by atoms with Gasteiger partial charge < -0.3 is 15.4 Å². The zero-order chi connectivity index (χ0) is 13.9. The predicted octanol–water partition coefficient (Wildman–Crippen LogP) is 2.55. The predicted molar refractivity (Wildman–Crippen MR) is 75.9 cm³/mol. The molecule has 0 unspecified atom stereocenters. The van der Waals surface area contributed by atoms with Gasteiger partial charge in [0.25, 0.3) is 0 Å². The third-order valence-corrected chi connectivity index (χ3v) is 4.50. The number of rotatable bonds is 4. The van der Waals surface area contributed by atoms with Gasteiger partial charge in [-0.1, -0.05) is 12.1 Å². The van der Waals surface area contributed by atoms with Crippen LogP contribution in [0.1, 0.15) is 25.7 Å². The van der Waals surface area contributed by atoms with E-state index in [2.05, 4.69) is 0 Å². The van der Waals surface area contributed by atoms with E-state index >= 15 is 0 Å². The van der Waals surface area contributed by atoms with Gasteiger partial charge in [0.1, 0.15) is 5.82 Å². The third-order valence-electron chi connectivity index (χ3n) is 4.50. The zero-order valence-electron chi connectivity index (χ0n) is 11.7. The van der Waals surface area contributed by atoms with Crippen molar-refractivity contribution in [2.24, 2.45) is 5.73 Å². The fourth-order valence-corrected chi connectivity index (χ4v) is 3.02. The number of para-hydroxylation sites is 1. The van der Waals surface area contributed by atoms with Crippen LogP contribution in [-0.4, -0.2) is 32.3 Å². The van der Waals surface area contributed by atoms with Crippen LogP contribution < -0.4 is 10.6 Å². The Balaban J connectivity index is 2.20. The lowest BCUT2D eigenvalue weighted by atomic mass is 9.79. The number of likely N-dealkylation sites (N-methyl/N-ethyl adjacent to an activating group) is 1. The maximum Gasteiger partial charge on any atom is 0.146 e. The standard InChI is InChI=1S/C15H23FN2O/c1-18(14-6-4-3-5-13(14)16)15(11-17)9-7-12(19-2)8-10-15/h3-6,12H,7-11,17H2,1-2H3. The van der Waals surface area contributed by atoms with E-state index in [0.29, 0.717) is 18.3 Å². The third kappa shape index (κ3) is 2.74. The number of hydrogen-bond acceptors (Lipinski definition) is 3. The monoisotopic (exact) mass is 266 g/mol. The van der Waals surface area contributed by atoms with E-state index in [-0.39, 0.29) is 11.4 Å². The Kier molecular flexibility index (Phi) is 4.42. The van der Waals surface area contributed by atoms with Gasteiger partial charge in [-0.25, -0.2) is 4.39 Å². The van der Waals surface area contributed by atoms with Gasteiger partial charge in [-0.2, -0.15) is 0 Å². The van der Waals surface area contributed by atoms with Crippen molar-refractivity contribution in [3.63, 3.8) is 0 Å². The molecule has 1 saturated carbocycles. The second-order valence-electron chi connectivity index (χ2n) is 5.37. The highest BCUT2D eigenvalue weighted by molar-refractivity contribution is 5.49. The lowest BCUT2D eigenvalue weighted by molar-refractivity contribution is 0.0504. The molecule has 1 aromatic rings. The van der Waals surface area contributed by atoms with Crippen molar-refractivity contribution in [2.45, 2.75) is 37.3 Å². The Morgan fingerprint density at radius 1 is 1.37 bits per heavy atom. The molecule has 4 heteroatoms. The van der Waals surface area contributed by atoms with Gasteiger partial charge >= 0.3 is 0 Å². The van der Waals surface area contributed by atoms with Crippen LogP contribution in [0.3, 0.4) is 0 Å². The fourth-order valence-electron chi connectivity index (χ4n) is 3.02. The summed E-state index contributed by atoms with van der Waals surface area (Å²) < 4.78 is 19.3. The fraction of sp³-hybridized carbons (Fsp3) is 0.600. The number of anilines is 1. The number of benzene rings is 1. The molecule has 2 rings (SSSR count). The summed E-state index contributed by atoms with van der Waals surface area (Å²) in [6.45, 7) is 0.536. The molecule has 0 heterocycles. The second-order valence-corrected chi connectivity index (χ2v) is 5.37. The average Bonchev–Trinajstić information content (AvgIpc) is 2.47. The molecule has 0 amide bonds. The largest absolute Gasteiger partial charge is 0.381 e. The van der Waals surface area contributed by atoms with Crippen LogP contribution >= 0.6 is 0 Å². The van der Waals surface area contributed by atoms with Crippen molar-refractivity contribution < 1.29 is 9.13 Å². The summed E-state index contributed by atoms with van der Waals surface area (Å²) in [4.78, 5) is 2.02. The normalized spacial score (nSPS) is 27.3. The first-order valence-corrected chi connectivity index (χ1v) is 6.84. The summed E-state index contributed by atoms with van der Waals surface area (Å²) in [6, 6.07) is 6.88. The van der Waals surface area contributed by atoms with Crippen molar-refractivity contribution in [1.82, 2.24) is 0 Å². The maximum atomic E-state index is 13.9. The molecule has 1 aliphatic rings. The molecule has 0 aromatic heterocycles. The summed E-state index contributed by atoms with van der Waals surface area (Å²) in [5, 5.41) is 0. The Morgan fingerprint density at radius 2 is 2.00 bits per heavy atom. The van der Waals surface area contributed by atoms with Gasteiger partial charge in [-0.15, -0.1) is 0 Å². The number of nitrogens with two attached hydrogens (primary N) is 1. The van der Waals surface area contributed by atoms with Gasteiger partial charge in [-0.05, 0) is 37.8 Å². The van der Waals surface area contributed by atoms with Crippen LogP contribution in [-0.2, 0) is 4.74 Å². The topological polar surface area (TPSA) is 38.5 Å². The molecular weight excluding hydrogens is 243 g/mol. The van der Waals surface area contributed by atoms with E-state index in [1.54, 1.807) is 13.2 Å². The molecule has 1 aliphatic carbocycles. The first-order chi connectivity index (χ1) is 9.13. The highest BCUT2D eigenvalue weighted by Crippen LogP contribution is 2.36. The van der Waals surface area contributed by atoms with E-state index in [4.69, 9.17) is 10.5 Å². The SMILES string of the molecule is COC1CCC(CN)(N(C)c2ccccc2F)CC1. The van der Waals surface area contributed by atoms with Crippen LogP contribution in [0, 0.1) is 5.82 Å². The van der Waals surface area contributed by atoms with Crippen molar-refractivity contribution in [2.75, 3.05) is 25.6 Å². The lowest BCUT2D eigenvalue weighted by Crippen LogP contribution is -2.55. The molecule has 0 spiro atoms. The highest BCUT2D eigenvalue weighted by Gasteiger charge is 2.38. The quantitative estimate of drug-likeness (QED) is 0.910. The van der Waals surface area contributed by atoms with E-state index in [1.807, 2.05) is 24.1 Å². The van der Waals surface area contributed by atoms with E-state index in [1.165, 1.54) is 6.07 Å². The number of nitrogens with zero attached hydrogens (tertiary/aromatic N) is 1. The summed E-state index contributed by atoms with van der Waals surface area (Å²) in [5.41, 5.74) is 6.48. The van der Waals surface area contributed by atoms with Gasteiger partial charge in [0.05, 0.1) is 17.3 Å². The van der Waals surface area contributed by atoms with E-state index < -0.39 is 0 Å². The van der Waals surface area contributed by atoms with Crippen molar-refractivity contribution >= 4 is 5.69 Å². The minimum atomic E-state index is -0.188. The molecule has 1 fully saturated rings. The number of halogens is 1. The van der Waals surface area contributed by atoms with Crippen LogP contribution in [0.5, 0.6) is 0 Å². The molecule has 2 N–H and O–H groups in total. The minimum absolute atomic E-state index is 0.156. The van der Waals surface area contributed by atoms with E-state index in [0.717, 1.165) is 25.7 Å². The summed E-state index contributed by atoms with van der Waals surface area (Å²) in [7, 11) is 3.69. The summed E-state index contributed by atoms with van der Waals surface area (Å²) >= 11 is 0. The van der Waals surface area contributed by atoms with Gasteiger partial charge in [-0.3, -0.25) is 0 Å². The minimum Gasteiger partial charge on any atom is -0.381 e. The van der Waals surface area contributed by atoms with Crippen molar-refractivity contribution in [3.8, 4) is 0 Å². The van der Waals surface area contributed by atoms with Crippen LogP contribution in [0.2, 0.25) is 0 Å². The van der Waals surface area contributed by atoms with Crippen LogP contribution in [0.15, 0.2) is 24.3 Å². The number of methoxy groups -OCH3 is 1. The maximum absolute atomic E-state index is 13.9. The molecule has 3 nitrogen and oxygen atoms in total. The van der Waals surface area contributed by atoms with Crippen LogP contribution in [0.4, 0.5) is 10.1 Å². The van der Waals surface area contributed by atoms with Crippen molar-refractivity contribution in [1.29, 1.82) is 0 Å². The Hall–Kier alpha value is -1.13. The Labute approximate surface area is 114 Å². The highest BCUT2D eigenvalue weighted by atomic mass is 19.1. The summed E-state index contributed by atoms with van der Waals surface area (Å²) in [5.74, 6) is -0.188. The van der Waals surface area contributed by atoms with Gasteiger partial charge in [0.2, 0.25) is 0 Å². The summed E-state index contributed by atoms with van der Waals surface area (Å²) in [6.07, 6.45) is 4.15. The molecule has 0 saturated heterocycles. The molecular formula is C15H23FN2O. The first kappa shape index (κ1) is 14.3. The lowest BCUT2D eigenvalue weighted by Gasteiger charge is -2.46. The average molecular weight is 266 g/mol. The number of ether oxygens (including phenoxy) is 1. The molecule has 1 aromatic carbocycles. The molecule has 0 atom stereocenters. The smallest absolute Gasteiger partial charge is 0.146 e. The molecule has 19 heavy (non-hydrogen) atoms. The molecule has 0 bridgehead atoms. The Bertz CT molecular complexity index is 416. The van der Waals surface area contributed by atoms with Gasteiger partial charge in [0.15, 0.2) is 0 Å². The van der Waals surface area contributed by atoms with Crippen LogP contribution in [0.25, 0.3) is 0 Å². The van der Waals surface area contributed by atoms with Gasteiger partial charge in [0, 0.05) is 20.7 Å². The first-order valence-electron chi connectivity index (χ1n) is 6.84. The number of hydrogen-bond donors (Lipinski definition) is 1. The Morgan fingerprint density at radius 3 is 2.53 bits per heavy atom. The second kappa shape index (κ2) is 5.88. The molecule has 0 radical (unpaired) electrons. The molecule has 0 aliphatic heterocycles. The van der Waals surface area contributed by atoms with E-state index in [9.17, 15) is 4.39 Å². The van der Waals surface area contributed by atoms with Crippen molar-refractivity contribution in [3.05, 3.63) is 30.1 Å². The zero-order valence-corrected chi connectivity index (χ0v) is 11.7. The molecule has 106 valence electrons.